The summed E-state index contributed by atoms with van der Waals surface area (Å²) in [5.74, 6) is 1.08. The largest absolute Gasteiger partial charge is 0.378 e. The molecule has 0 radical (unpaired) electrons. The zero-order valence-electron chi connectivity index (χ0n) is 17.9. The average Bonchev–Trinajstić information content (AvgIpc) is 3.46. The first-order valence-corrected chi connectivity index (χ1v) is 12.2. The highest BCUT2D eigenvalue weighted by Crippen LogP contribution is 2.40. The Morgan fingerprint density at radius 3 is 2.72 bits per heavy atom. The summed E-state index contributed by atoms with van der Waals surface area (Å²) in [7, 11) is 0. The van der Waals surface area contributed by atoms with Crippen LogP contribution in [0.2, 0.25) is 0 Å². The molecule has 32 heavy (non-hydrogen) atoms. The van der Waals surface area contributed by atoms with Gasteiger partial charge in [-0.1, -0.05) is 35.5 Å². The number of aryl methyl sites for hydroxylation is 3. The van der Waals surface area contributed by atoms with Gasteiger partial charge in [0.25, 0.3) is 5.56 Å². The Labute approximate surface area is 189 Å². The SMILES string of the molecule is O=c1c2sc3nc(N4CCOCC4)c4c(c3c2nnn1CCCc1ccccc1)CCC4. The number of thiophene rings is 1. The first-order valence-electron chi connectivity index (χ1n) is 11.4. The molecule has 0 amide bonds. The van der Waals surface area contributed by atoms with E-state index in [0.29, 0.717) is 11.2 Å². The molecule has 1 aliphatic carbocycles. The monoisotopic (exact) mass is 447 g/mol. The van der Waals surface area contributed by atoms with Crippen LogP contribution in [0.4, 0.5) is 5.82 Å². The molecule has 2 aliphatic rings. The number of anilines is 1. The normalized spacial score (nSPS) is 16.2. The lowest BCUT2D eigenvalue weighted by molar-refractivity contribution is 0.122. The van der Waals surface area contributed by atoms with Crippen LogP contribution in [0.25, 0.3) is 20.4 Å². The molecule has 0 spiro atoms. The van der Waals surface area contributed by atoms with Crippen molar-refractivity contribution in [2.24, 2.45) is 0 Å². The Bertz CT molecular complexity index is 1340. The van der Waals surface area contributed by atoms with Crippen molar-refractivity contribution in [2.45, 2.75) is 38.6 Å². The van der Waals surface area contributed by atoms with E-state index in [-0.39, 0.29) is 5.56 Å². The van der Waals surface area contributed by atoms with Crippen LogP contribution >= 0.6 is 11.3 Å². The van der Waals surface area contributed by atoms with E-state index in [1.54, 1.807) is 0 Å². The third kappa shape index (κ3) is 3.38. The summed E-state index contributed by atoms with van der Waals surface area (Å²) in [6.45, 7) is 3.77. The van der Waals surface area contributed by atoms with E-state index in [9.17, 15) is 4.79 Å². The van der Waals surface area contributed by atoms with E-state index in [1.165, 1.54) is 32.7 Å². The van der Waals surface area contributed by atoms with Gasteiger partial charge in [0.15, 0.2) is 0 Å². The average molecular weight is 448 g/mol. The first kappa shape index (κ1) is 19.8. The summed E-state index contributed by atoms with van der Waals surface area (Å²) in [6, 6.07) is 10.3. The molecule has 8 heteroatoms. The molecule has 7 nitrogen and oxygen atoms in total. The van der Waals surface area contributed by atoms with E-state index < -0.39 is 0 Å². The maximum Gasteiger partial charge on any atom is 0.287 e. The number of fused-ring (bicyclic) bond motifs is 5. The predicted molar refractivity (Wildman–Crippen MR) is 127 cm³/mol. The fraction of sp³-hybridized carbons (Fsp3) is 0.417. The summed E-state index contributed by atoms with van der Waals surface area (Å²) in [5, 5.41) is 9.88. The van der Waals surface area contributed by atoms with Crippen LogP contribution in [0.1, 0.15) is 29.5 Å². The molecule has 1 aliphatic heterocycles. The topological polar surface area (TPSA) is 73.1 Å². The third-order valence-electron chi connectivity index (χ3n) is 6.53. The van der Waals surface area contributed by atoms with Crippen molar-refractivity contribution < 1.29 is 4.74 Å². The van der Waals surface area contributed by atoms with Crippen molar-refractivity contribution in [3.63, 3.8) is 0 Å². The lowest BCUT2D eigenvalue weighted by Gasteiger charge is -2.29. The number of hydrogen-bond donors (Lipinski definition) is 0. The number of nitrogens with zero attached hydrogens (tertiary/aromatic N) is 5. The van der Waals surface area contributed by atoms with Crippen molar-refractivity contribution >= 4 is 37.6 Å². The van der Waals surface area contributed by atoms with Crippen LogP contribution in [0.3, 0.4) is 0 Å². The second-order valence-corrected chi connectivity index (χ2v) is 9.51. The highest BCUT2D eigenvalue weighted by atomic mass is 32.1. The van der Waals surface area contributed by atoms with Gasteiger partial charge in [-0.25, -0.2) is 9.67 Å². The molecule has 0 atom stereocenters. The number of benzene rings is 1. The van der Waals surface area contributed by atoms with Crippen molar-refractivity contribution in [3.8, 4) is 0 Å². The van der Waals surface area contributed by atoms with Crippen molar-refractivity contribution in [3.05, 3.63) is 57.4 Å². The smallest absolute Gasteiger partial charge is 0.287 e. The van der Waals surface area contributed by atoms with Gasteiger partial charge in [-0.15, -0.1) is 16.4 Å². The summed E-state index contributed by atoms with van der Waals surface area (Å²) < 4.78 is 7.73. The van der Waals surface area contributed by atoms with Gasteiger partial charge in [-0.3, -0.25) is 4.79 Å². The van der Waals surface area contributed by atoms with Gasteiger partial charge in [0.05, 0.1) is 13.2 Å². The number of ether oxygens (including phenoxy) is 1. The Balaban J connectivity index is 1.38. The van der Waals surface area contributed by atoms with Crippen LogP contribution in [0, 0.1) is 0 Å². The standard InChI is InChI=1S/C24H25N5O2S/c30-24-21-20(26-27-29(24)11-5-8-16-6-2-1-3-7-16)19-17-9-4-10-18(17)22(25-23(19)32-21)28-12-14-31-15-13-28/h1-3,6-7H,4-5,8-15H2. The van der Waals surface area contributed by atoms with Gasteiger partial charge in [0.2, 0.25) is 0 Å². The minimum absolute atomic E-state index is 0.0502. The molecule has 1 saturated heterocycles. The molecule has 0 bridgehead atoms. The van der Waals surface area contributed by atoms with E-state index in [1.807, 2.05) is 18.2 Å². The summed E-state index contributed by atoms with van der Waals surface area (Å²) in [5.41, 5.74) is 4.59. The number of hydrogen-bond acceptors (Lipinski definition) is 7. The fourth-order valence-electron chi connectivity index (χ4n) is 4.95. The minimum atomic E-state index is -0.0502. The quantitative estimate of drug-likeness (QED) is 0.467. The van der Waals surface area contributed by atoms with Crippen molar-refractivity contribution in [2.75, 3.05) is 31.2 Å². The van der Waals surface area contributed by atoms with E-state index >= 15 is 0 Å². The Morgan fingerprint density at radius 1 is 1.06 bits per heavy atom. The number of aromatic nitrogens is 4. The van der Waals surface area contributed by atoms with Crippen molar-refractivity contribution in [1.29, 1.82) is 0 Å². The summed E-state index contributed by atoms with van der Waals surface area (Å²) in [4.78, 5) is 21.5. The van der Waals surface area contributed by atoms with Gasteiger partial charge in [-0.05, 0) is 48.8 Å². The second-order valence-electron chi connectivity index (χ2n) is 8.51. The molecule has 0 N–H and O–H groups in total. The maximum atomic E-state index is 13.2. The fourth-order valence-corrected chi connectivity index (χ4v) is 6.03. The maximum absolute atomic E-state index is 13.2. The molecule has 1 fully saturated rings. The van der Waals surface area contributed by atoms with Crippen LogP contribution in [0.15, 0.2) is 35.1 Å². The van der Waals surface area contributed by atoms with E-state index in [2.05, 4.69) is 27.3 Å². The van der Waals surface area contributed by atoms with Crippen LogP contribution < -0.4 is 10.5 Å². The lowest BCUT2D eigenvalue weighted by Crippen LogP contribution is -2.37. The van der Waals surface area contributed by atoms with Crippen LogP contribution in [-0.2, 0) is 30.5 Å². The van der Waals surface area contributed by atoms with Crippen LogP contribution in [0.5, 0.6) is 0 Å². The molecule has 4 aromatic rings. The van der Waals surface area contributed by atoms with E-state index in [4.69, 9.17) is 9.72 Å². The van der Waals surface area contributed by atoms with Crippen molar-refractivity contribution in [1.82, 2.24) is 20.0 Å². The Morgan fingerprint density at radius 2 is 1.88 bits per heavy atom. The highest BCUT2D eigenvalue weighted by Gasteiger charge is 2.27. The van der Waals surface area contributed by atoms with Crippen LogP contribution in [-0.4, -0.2) is 46.3 Å². The van der Waals surface area contributed by atoms with Gasteiger partial charge < -0.3 is 9.64 Å². The highest BCUT2D eigenvalue weighted by molar-refractivity contribution is 7.25. The minimum Gasteiger partial charge on any atom is -0.378 e. The molecule has 1 aromatic carbocycles. The van der Waals surface area contributed by atoms with Gasteiger partial charge >= 0.3 is 0 Å². The molecular formula is C24H25N5O2S. The second kappa shape index (κ2) is 8.26. The molecule has 6 rings (SSSR count). The number of morpholine rings is 1. The Kier molecular flexibility index (Phi) is 5.11. The summed E-state index contributed by atoms with van der Waals surface area (Å²) in [6.07, 6.45) is 4.93. The third-order valence-corrected chi connectivity index (χ3v) is 7.59. The molecule has 4 heterocycles. The molecule has 164 valence electrons. The Hall–Kier alpha value is -2.84. The first-order chi connectivity index (χ1) is 15.8. The molecule has 0 saturated carbocycles. The zero-order valence-corrected chi connectivity index (χ0v) is 18.7. The number of rotatable bonds is 5. The number of pyridine rings is 1. The lowest BCUT2D eigenvalue weighted by atomic mass is 10.1. The molecule has 0 unspecified atom stereocenters. The molecular weight excluding hydrogens is 422 g/mol. The van der Waals surface area contributed by atoms with Gasteiger partial charge in [-0.2, -0.15) is 0 Å². The van der Waals surface area contributed by atoms with Gasteiger partial charge in [0, 0.05) is 25.0 Å². The van der Waals surface area contributed by atoms with E-state index in [0.717, 1.165) is 80.0 Å². The molecule has 3 aromatic heterocycles. The van der Waals surface area contributed by atoms with Gasteiger partial charge in [0.1, 0.15) is 20.9 Å². The zero-order chi connectivity index (χ0) is 21.5. The predicted octanol–water partition coefficient (Wildman–Crippen LogP) is 3.36. The summed E-state index contributed by atoms with van der Waals surface area (Å²) >= 11 is 1.47.